The Morgan fingerprint density at radius 2 is 0.984 bits per heavy atom. The topological polar surface area (TPSA) is 116 Å². The van der Waals surface area contributed by atoms with Crippen molar-refractivity contribution < 1.29 is 36.6 Å². The van der Waals surface area contributed by atoms with E-state index in [9.17, 15) is 27.2 Å². The zero-order valence-corrected chi connectivity index (χ0v) is 34.1. The van der Waals surface area contributed by atoms with E-state index in [0.717, 1.165) is 70.0 Å². The number of alkyl halides is 4. The van der Waals surface area contributed by atoms with Gasteiger partial charge in [-0.2, -0.15) is 17.6 Å². The molecule has 0 radical (unpaired) electrons. The molecule has 2 atom stereocenters. The van der Waals surface area contributed by atoms with Gasteiger partial charge in [0.05, 0.1) is 47.0 Å². The van der Waals surface area contributed by atoms with Crippen molar-refractivity contribution in [3.63, 3.8) is 0 Å². The van der Waals surface area contributed by atoms with Gasteiger partial charge in [0.25, 0.3) is 0 Å². The third kappa shape index (κ3) is 8.72. The molecule has 2 aromatic heterocycles. The van der Waals surface area contributed by atoms with Crippen molar-refractivity contribution in [2.24, 2.45) is 0 Å². The number of nitrogens with one attached hydrogen (secondary N) is 2. The Hall–Kier alpha value is -6.70. The van der Waals surface area contributed by atoms with Gasteiger partial charge in [0.2, 0.25) is 11.8 Å². The second-order valence-corrected chi connectivity index (χ2v) is 16.2. The van der Waals surface area contributed by atoms with E-state index in [4.69, 9.17) is 19.4 Å². The minimum atomic E-state index is -3.37. The van der Waals surface area contributed by atoms with E-state index in [2.05, 4.69) is 34.2 Å². The minimum Gasteiger partial charge on any atom is -0.432 e. The van der Waals surface area contributed by atoms with Gasteiger partial charge in [-0.15, -0.1) is 0 Å². The van der Waals surface area contributed by atoms with Crippen LogP contribution in [0.15, 0.2) is 109 Å². The molecule has 5 aromatic carbocycles. The highest BCUT2D eigenvalue weighted by molar-refractivity contribution is 5.86. The first-order valence-corrected chi connectivity index (χ1v) is 20.7. The maximum Gasteiger partial charge on any atom is 0.394 e. The van der Waals surface area contributed by atoms with Crippen LogP contribution in [0.3, 0.4) is 0 Å². The van der Waals surface area contributed by atoms with E-state index in [1.54, 1.807) is 46.2 Å². The van der Waals surface area contributed by atoms with Crippen molar-refractivity contribution >= 4 is 33.9 Å². The molecule has 4 heterocycles. The van der Waals surface area contributed by atoms with Crippen LogP contribution in [0.1, 0.15) is 74.4 Å². The lowest BCUT2D eigenvalue weighted by Crippen LogP contribution is -2.32. The Kier molecular flexibility index (Phi) is 10.7. The number of carbonyl (C=O) groups excluding carboxylic acids is 2. The highest BCUT2D eigenvalue weighted by Crippen LogP contribution is 2.37. The molecular weight excluding hydrogens is 801 g/mol. The Morgan fingerprint density at radius 1 is 0.597 bits per heavy atom. The SMILES string of the molecule is CC(F)(F)Oc1ccccc1CC(=O)N1CCCC1c1nc2ccc(-c3ccc(-c4ccc5nc([C@@H]6CCCN6C(=O)Cc6ccccc6OC(C)(F)F)[nH]c5c4)cc3)cc2[nH]1. The number of ether oxygens (including phenoxy) is 2. The van der Waals surface area contributed by atoms with E-state index >= 15 is 0 Å². The number of carbonyl (C=O) groups is 2. The van der Waals surface area contributed by atoms with Crippen LogP contribution in [0.5, 0.6) is 11.5 Å². The van der Waals surface area contributed by atoms with Crippen molar-refractivity contribution in [1.29, 1.82) is 0 Å². The average molecular weight is 845 g/mol. The predicted octanol–water partition coefficient (Wildman–Crippen LogP) is 10.6. The number of imidazole rings is 2. The highest BCUT2D eigenvalue weighted by atomic mass is 19.3. The standard InChI is InChI=1S/C48H44F4N6O4/c1-47(49,50)61-41-13-5-3-9-33(41)27-43(59)57-23-7-11-39(57)45-53-35-21-19-31(25-37(35)55-45)29-15-17-30(18-16-29)32-20-22-36-38(26-32)56-46(54-36)40-12-8-24-58(40)44(60)28-34-10-4-6-14-42(34)62-48(2,51)52/h3-6,9-10,13-22,25-26,39-40H,7-8,11-12,23-24,27-28H2,1-2H3,(H,53,55)(H,54,56)/t39-,40?/m0/s1. The maximum atomic E-state index is 13.7. The highest BCUT2D eigenvalue weighted by Gasteiger charge is 2.35. The summed E-state index contributed by atoms with van der Waals surface area (Å²) in [5, 5.41) is 0. The zero-order valence-electron chi connectivity index (χ0n) is 34.1. The van der Waals surface area contributed by atoms with E-state index in [1.165, 1.54) is 12.1 Å². The van der Waals surface area contributed by atoms with E-state index in [1.807, 2.05) is 36.4 Å². The number of nitrogens with zero attached hydrogens (tertiary/aromatic N) is 4. The number of aromatic nitrogens is 4. The van der Waals surface area contributed by atoms with Crippen LogP contribution in [-0.2, 0) is 22.4 Å². The Balaban J connectivity index is 0.878. The molecule has 7 aromatic rings. The summed E-state index contributed by atoms with van der Waals surface area (Å²) in [6.45, 7) is 2.43. The monoisotopic (exact) mass is 844 g/mol. The molecule has 62 heavy (non-hydrogen) atoms. The maximum absolute atomic E-state index is 13.7. The molecule has 9 rings (SSSR count). The van der Waals surface area contributed by atoms with E-state index < -0.39 is 12.2 Å². The van der Waals surface area contributed by atoms with Crippen LogP contribution in [-0.4, -0.2) is 66.9 Å². The molecule has 2 amide bonds. The summed E-state index contributed by atoms with van der Waals surface area (Å²) >= 11 is 0. The smallest absolute Gasteiger partial charge is 0.394 e. The molecule has 14 heteroatoms. The van der Waals surface area contributed by atoms with Crippen molar-refractivity contribution in [2.45, 2.75) is 76.7 Å². The average Bonchev–Trinajstić information content (AvgIpc) is 4.06. The quantitative estimate of drug-likeness (QED) is 0.118. The molecule has 0 bridgehead atoms. The minimum absolute atomic E-state index is 0.0104. The Bertz CT molecular complexity index is 2590. The van der Waals surface area contributed by atoms with Crippen LogP contribution < -0.4 is 9.47 Å². The first-order valence-electron chi connectivity index (χ1n) is 20.7. The first kappa shape index (κ1) is 40.7. The summed E-state index contributed by atoms with van der Waals surface area (Å²) in [6, 6.07) is 32.6. The number of rotatable bonds is 12. The van der Waals surface area contributed by atoms with E-state index in [-0.39, 0.29) is 48.2 Å². The summed E-state index contributed by atoms with van der Waals surface area (Å²) in [6.07, 6.45) is -3.81. The number of H-pyrrole nitrogens is 2. The third-order valence-corrected chi connectivity index (χ3v) is 11.5. The molecule has 0 aliphatic carbocycles. The third-order valence-electron chi connectivity index (χ3n) is 11.5. The number of hydrogen-bond donors (Lipinski definition) is 2. The summed E-state index contributed by atoms with van der Waals surface area (Å²) in [7, 11) is 0. The molecular formula is C48H44F4N6O4. The van der Waals surface area contributed by atoms with Crippen molar-refractivity contribution in [3.05, 3.63) is 132 Å². The Morgan fingerprint density at radius 3 is 1.39 bits per heavy atom. The van der Waals surface area contributed by atoms with Crippen LogP contribution in [0.2, 0.25) is 0 Å². The van der Waals surface area contributed by atoms with Crippen LogP contribution in [0.4, 0.5) is 17.6 Å². The number of fused-ring (bicyclic) bond motifs is 2. The number of aromatic amines is 2. The normalized spacial score (nSPS) is 17.0. The van der Waals surface area contributed by atoms with Crippen LogP contribution in [0.25, 0.3) is 44.3 Å². The number of likely N-dealkylation sites (tertiary alicyclic amines) is 2. The molecule has 2 fully saturated rings. The number of hydrogen-bond acceptors (Lipinski definition) is 6. The molecule has 318 valence electrons. The molecule has 2 aliphatic heterocycles. The fourth-order valence-electron chi connectivity index (χ4n) is 8.70. The predicted molar refractivity (Wildman–Crippen MR) is 227 cm³/mol. The second kappa shape index (κ2) is 16.3. The summed E-state index contributed by atoms with van der Waals surface area (Å²) in [5.74, 6) is 0.990. The molecule has 2 saturated heterocycles. The van der Waals surface area contributed by atoms with E-state index in [0.29, 0.717) is 49.7 Å². The lowest BCUT2D eigenvalue weighted by Gasteiger charge is -2.24. The van der Waals surface area contributed by atoms with Gasteiger partial charge in [-0.3, -0.25) is 9.59 Å². The second-order valence-electron chi connectivity index (χ2n) is 16.2. The van der Waals surface area contributed by atoms with Gasteiger partial charge in [0.1, 0.15) is 23.1 Å². The molecule has 2 aliphatic rings. The summed E-state index contributed by atoms with van der Waals surface area (Å²) in [5.41, 5.74) is 8.05. The number of halogens is 4. The van der Waals surface area contributed by atoms with Crippen molar-refractivity contribution in [2.75, 3.05) is 13.1 Å². The molecule has 0 saturated carbocycles. The fourth-order valence-corrected chi connectivity index (χ4v) is 8.70. The lowest BCUT2D eigenvalue weighted by atomic mass is 10.00. The van der Waals surface area contributed by atoms with Crippen LogP contribution in [0, 0.1) is 0 Å². The fraction of sp³-hybridized carbons (Fsp3) is 0.292. The molecule has 2 N–H and O–H groups in total. The summed E-state index contributed by atoms with van der Waals surface area (Å²) in [4.78, 5) is 47.3. The summed E-state index contributed by atoms with van der Waals surface area (Å²) < 4.78 is 64.4. The number of para-hydroxylation sites is 2. The van der Waals surface area contributed by atoms with Crippen molar-refractivity contribution in [3.8, 4) is 33.8 Å². The number of amides is 2. The first-order chi connectivity index (χ1) is 29.7. The van der Waals surface area contributed by atoms with Gasteiger partial charge in [0, 0.05) is 38.1 Å². The van der Waals surface area contributed by atoms with Gasteiger partial charge >= 0.3 is 12.2 Å². The largest absolute Gasteiger partial charge is 0.432 e. The number of benzene rings is 5. The molecule has 0 spiro atoms. The Labute approximate surface area is 354 Å². The van der Waals surface area contributed by atoms with Gasteiger partial charge < -0.3 is 29.2 Å². The van der Waals surface area contributed by atoms with Gasteiger partial charge in [-0.1, -0.05) is 72.8 Å². The van der Waals surface area contributed by atoms with Gasteiger partial charge in [-0.25, -0.2) is 9.97 Å². The van der Waals surface area contributed by atoms with Crippen molar-refractivity contribution in [1.82, 2.24) is 29.7 Å². The van der Waals surface area contributed by atoms with Gasteiger partial charge in [0.15, 0.2) is 0 Å². The lowest BCUT2D eigenvalue weighted by molar-refractivity contribution is -0.160. The molecule has 1 unspecified atom stereocenters. The molecule has 10 nitrogen and oxygen atoms in total. The van der Waals surface area contributed by atoms with Crippen LogP contribution >= 0.6 is 0 Å². The van der Waals surface area contributed by atoms with Gasteiger partial charge in [-0.05, 0) is 84.3 Å². The zero-order chi connectivity index (χ0) is 43.2.